The molecule has 0 bridgehead atoms. The molecule has 0 saturated carbocycles. The Balaban J connectivity index is -0.0000000114. The van der Waals surface area contributed by atoms with E-state index in [1.54, 1.807) is 0 Å². The van der Waals surface area contributed by atoms with E-state index in [9.17, 15) is 28.7 Å². The van der Waals surface area contributed by atoms with E-state index in [4.69, 9.17) is 0 Å². The average Bonchev–Trinajstić information content (AvgIpc) is 1.14. The molecule has 17 heteroatoms. The molecule has 0 saturated heterocycles. The number of rotatable bonds is 2. The third kappa shape index (κ3) is 60.4. The third-order valence-electron chi connectivity index (χ3n) is 0.200. The maximum absolute atomic E-state index is 9.32. The molecule has 11 nitrogen and oxygen atoms in total. The van der Waals surface area contributed by atoms with Gasteiger partial charge in [0.05, 0.1) is 15.6 Å². The molecular weight excluding hydrogens is 394 g/mol. The standard InChI is InChI=1S/4K.H4O7P2.4H2O/c;;;;1-8(2,3)7-9(4,5)6;;;;/h;;;;(H2,1,2,3)(H2,4,5,6);4*1H2/q4*+1;;;;;/p-4. The summed E-state index contributed by atoms with van der Waals surface area (Å²) in [5, 5.41) is 0. The summed E-state index contributed by atoms with van der Waals surface area (Å²) in [6.45, 7) is 0. The topological polar surface area (TPSA) is 262 Å². The Morgan fingerprint density at radius 1 is 0.588 bits per heavy atom. The van der Waals surface area contributed by atoms with Gasteiger partial charge in [-0.05, 0) is 0 Å². The van der Waals surface area contributed by atoms with Gasteiger partial charge >= 0.3 is 206 Å². The summed E-state index contributed by atoms with van der Waals surface area (Å²) in [7, 11) is -11.4. The number of hydrogen-bond acceptors (Lipinski definition) is 7. The van der Waals surface area contributed by atoms with Gasteiger partial charge in [-0.25, -0.2) is 0 Å². The SMILES string of the molecule is O.O.O.O.O=P([O-])([O-])OP(=O)([O-])[O-].[K+].[K+].[K+].[K+]. The van der Waals surface area contributed by atoms with E-state index >= 15 is 0 Å². The van der Waals surface area contributed by atoms with E-state index in [0.29, 0.717) is 0 Å². The first-order valence-corrected chi connectivity index (χ1v) is 4.38. The molecule has 0 unspecified atom stereocenters. The summed E-state index contributed by atoms with van der Waals surface area (Å²) in [5.74, 6) is 0. The van der Waals surface area contributed by atoms with Crippen LogP contribution in [0.4, 0.5) is 0 Å². The molecule has 0 heterocycles. The predicted octanol–water partition coefficient (Wildman–Crippen LogP) is -18.6. The van der Waals surface area contributed by atoms with Gasteiger partial charge in [0.25, 0.3) is 0 Å². The van der Waals surface area contributed by atoms with Crippen molar-refractivity contribution in [2.24, 2.45) is 0 Å². The van der Waals surface area contributed by atoms with Gasteiger partial charge in [0.2, 0.25) is 0 Å². The normalized spacial score (nSPS) is 7.29. The first-order chi connectivity index (χ1) is 3.71. The second-order valence-corrected chi connectivity index (χ2v) is 3.42. The van der Waals surface area contributed by atoms with Crippen LogP contribution < -0.4 is 225 Å². The Labute approximate surface area is 267 Å². The summed E-state index contributed by atoms with van der Waals surface area (Å²) < 4.78 is 21.2. The Hall–Kier alpha value is 6.65. The summed E-state index contributed by atoms with van der Waals surface area (Å²) >= 11 is 0. The molecule has 0 aromatic carbocycles. The van der Waals surface area contributed by atoms with Crippen molar-refractivity contribution < 1.29 is 260 Å². The van der Waals surface area contributed by atoms with Crippen LogP contribution in [0.15, 0.2) is 0 Å². The van der Waals surface area contributed by atoms with Crippen LogP contribution in [0.5, 0.6) is 0 Å². The number of phosphoric acid groups is 2. The van der Waals surface area contributed by atoms with E-state index in [0.717, 1.165) is 0 Å². The van der Waals surface area contributed by atoms with Crippen molar-refractivity contribution >= 4 is 15.6 Å². The Bertz CT molecular complexity index is 162. The molecule has 0 aliphatic carbocycles. The van der Waals surface area contributed by atoms with Crippen molar-refractivity contribution in [3.8, 4) is 0 Å². The summed E-state index contributed by atoms with van der Waals surface area (Å²) in [4.78, 5) is 37.3. The molecule has 88 valence electrons. The van der Waals surface area contributed by atoms with E-state index in [1.165, 1.54) is 0 Å². The largest absolute Gasteiger partial charge is 1.00 e. The molecule has 0 amide bonds. The molecule has 0 atom stereocenters. The Kier molecular flexibility index (Phi) is 91.4. The summed E-state index contributed by atoms with van der Waals surface area (Å²) in [6, 6.07) is 0. The second kappa shape index (κ2) is 27.5. The van der Waals surface area contributed by atoms with Crippen LogP contribution in [0.25, 0.3) is 0 Å². The molecule has 0 aromatic rings. The fourth-order valence-corrected chi connectivity index (χ4v) is 1.10. The molecular formula is H8K4O11P2. The maximum Gasteiger partial charge on any atom is 1.00 e. The van der Waals surface area contributed by atoms with Crippen molar-refractivity contribution in [3.63, 3.8) is 0 Å². The molecule has 8 N–H and O–H groups in total. The van der Waals surface area contributed by atoms with E-state index < -0.39 is 15.6 Å². The zero-order valence-corrected chi connectivity index (χ0v) is 24.0. The first kappa shape index (κ1) is 56.5. The van der Waals surface area contributed by atoms with Crippen LogP contribution in [0, 0.1) is 0 Å². The molecule has 0 aliphatic rings. The first-order valence-electron chi connectivity index (χ1n) is 1.46. The van der Waals surface area contributed by atoms with Gasteiger partial charge in [-0.3, -0.25) is 0 Å². The minimum absolute atomic E-state index is 0. The van der Waals surface area contributed by atoms with Crippen LogP contribution in [-0.2, 0) is 13.4 Å². The number of hydrogen-bond donors (Lipinski definition) is 0. The molecule has 17 heavy (non-hydrogen) atoms. The van der Waals surface area contributed by atoms with Crippen LogP contribution in [-0.4, -0.2) is 21.9 Å². The Morgan fingerprint density at radius 3 is 0.706 bits per heavy atom. The van der Waals surface area contributed by atoms with Gasteiger partial charge in [-0.1, -0.05) is 0 Å². The van der Waals surface area contributed by atoms with Crippen LogP contribution in [0.1, 0.15) is 0 Å². The maximum atomic E-state index is 9.32. The fourth-order valence-electron chi connectivity index (χ4n) is 0.122. The summed E-state index contributed by atoms with van der Waals surface area (Å²) in [5.41, 5.74) is 0. The average molecular weight is 402 g/mol. The molecule has 0 radical (unpaired) electrons. The minimum atomic E-state index is -5.68. The van der Waals surface area contributed by atoms with Gasteiger partial charge in [-0.15, -0.1) is 0 Å². The van der Waals surface area contributed by atoms with Gasteiger partial charge in [-0.2, -0.15) is 0 Å². The van der Waals surface area contributed by atoms with Gasteiger partial charge in [0.15, 0.2) is 0 Å². The van der Waals surface area contributed by atoms with Crippen molar-refractivity contribution in [1.82, 2.24) is 0 Å². The molecule has 0 rings (SSSR count). The zero-order valence-electron chi connectivity index (χ0n) is 9.75. The molecule has 0 aliphatic heterocycles. The van der Waals surface area contributed by atoms with Gasteiger partial charge < -0.3 is 54.9 Å². The van der Waals surface area contributed by atoms with E-state index in [-0.39, 0.29) is 227 Å². The monoisotopic (exact) mass is 402 g/mol. The van der Waals surface area contributed by atoms with Crippen LogP contribution in [0.2, 0.25) is 0 Å². The molecule has 0 fully saturated rings. The molecule has 0 aromatic heterocycles. The van der Waals surface area contributed by atoms with Crippen molar-refractivity contribution in [2.75, 3.05) is 0 Å². The fraction of sp³-hybridized carbons (Fsp3) is 0. The van der Waals surface area contributed by atoms with Crippen molar-refractivity contribution in [1.29, 1.82) is 0 Å². The zero-order chi connectivity index (χ0) is 7.71. The van der Waals surface area contributed by atoms with Crippen LogP contribution >= 0.6 is 15.6 Å². The quantitative estimate of drug-likeness (QED) is 0.317. The van der Waals surface area contributed by atoms with E-state index in [1.807, 2.05) is 0 Å². The minimum Gasteiger partial charge on any atom is -0.790 e. The second-order valence-electron chi connectivity index (χ2n) is 0.976. The van der Waals surface area contributed by atoms with Crippen molar-refractivity contribution in [2.45, 2.75) is 0 Å². The van der Waals surface area contributed by atoms with Crippen LogP contribution in [0.3, 0.4) is 0 Å². The Morgan fingerprint density at radius 2 is 0.706 bits per heavy atom. The van der Waals surface area contributed by atoms with Crippen molar-refractivity contribution in [3.05, 3.63) is 0 Å². The van der Waals surface area contributed by atoms with Gasteiger partial charge in [0.1, 0.15) is 0 Å². The third-order valence-corrected chi connectivity index (χ3v) is 1.80. The molecule has 0 spiro atoms. The van der Waals surface area contributed by atoms with Gasteiger partial charge in [0, 0.05) is 0 Å². The summed E-state index contributed by atoms with van der Waals surface area (Å²) in [6.07, 6.45) is 0. The predicted molar refractivity (Wildman–Crippen MR) is 30.8 cm³/mol. The van der Waals surface area contributed by atoms with E-state index in [2.05, 4.69) is 4.31 Å². The smallest absolute Gasteiger partial charge is 0.790 e.